The number of fused-ring (bicyclic) bond motifs is 1. The van der Waals surface area contributed by atoms with Crippen molar-refractivity contribution in [1.82, 2.24) is 0 Å². The number of anilines is 2. The third-order valence-corrected chi connectivity index (χ3v) is 3.88. The lowest BCUT2D eigenvalue weighted by molar-refractivity contribution is -0.116. The number of aryl methyl sites for hydroxylation is 1. The van der Waals surface area contributed by atoms with E-state index in [0.717, 1.165) is 29.1 Å². The van der Waals surface area contributed by atoms with Crippen molar-refractivity contribution in [3.63, 3.8) is 0 Å². The molecule has 0 bridgehead atoms. The zero-order valence-corrected chi connectivity index (χ0v) is 13.1. The van der Waals surface area contributed by atoms with Crippen molar-refractivity contribution >= 4 is 28.9 Å². The van der Waals surface area contributed by atoms with Crippen LogP contribution in [0.5, 0.6) is 5.75 Å². The Morgan fingerprint density at radius 2 is 2.09 bits per heavy atom. The second-order valence-electron chi connectivity index (χ2n) is 5.27. The second kappa shape index (κ2) is 6.87. The lowest BCUT2D eigenvalue weighted by Crippen LogP contribution is -2.19. The largest absolute Gasteiger partial charge is 0.492 e. The summed E-state index contributed by atoms with van der Waals surface area (Å²) in [6.07, 6.45) is 1.23. The van der Waals surface area contributed by atoms with Crippen LogP contribution in [0, 0.1) is 5.82 Å². The van der Waals surface area contributed by atoms with Gasteiger partial charge in [-0.25, -0.2) is 4.39 Å². The third-order valence-electron chi connectivity index (χ3n) is 3.59. The molecule has 0 aliphatic carbocycles. The number of benzene rings is 2. The molecule has 0 spiro atoms. The smallest absolute Gasteiger partial charge is 0.224 e. The van der Waals surface area contributed by atoms with Crippen molar-refractivity contribution in [2.45, 2.75) is 12.8 Å². The normalized spacial score (nSPS) is 13.2. The van der Waals surface area contributed by atoms with Gasteiger partial charge >= 0.3 is 0 Å². The van der Waals surface area contributed by atoms with E-state index >= 15 is 0 Å². The molecule has 1 heterocycles. The summed E-state index contributed by atoms with van der Waals surface area (Å²) < 4.78 is 18.8. The van der Waals surface area contributed by atoms with Crippen molar-refractivity contribution in [2.24, 2.45) is 0 Å². The van der Waals surface area contributed by atoms with Gasteiger partial charge in [-0.05, 0) is 48.4 Å². The van der Waals surface area contributed by atoms with Crippen LogP contribution in [0.15, 0.2) is 36.4 Å². The molecule has 1 aliphatic heterocycles. The van der Waals surface area contributed by atoms with Crippen molar-refractivity contribution in [3.8, 4) is 5.75 Å². The maximum atomic E-state index is 13.1. The number of halogens is 2. The van der Waals surface area contributed by atoms with E-state index in [4.69, 9.17) is 16.3 Å². The molecule has 0 saturated heterocycles. The Morgan fingerprint density at radius 1 is 1.22 bits per heavy atom. The van der Waals surface area contributed by atoms with Gasteiger partial charge in [0.1, 0.15) is 18.2 Å². The van der Waals surface area contributed by atoms with Gasteiger partial charge in [0.2, 0.25) is 5.91 Å². The van der Waals surface area contributed by atoms with Gasteiger partial charge in [-0.2, -0.15) is 0 Å². The molecule has 2 aromatic carbocycles. The van der Waals surface area contributed by atoms with Crippen LogP contribution in [0.1, 0.15) is 12.0 Å². The quantitative estimate of drug-likeness (QED) is 0.816. The summed E-state index contributed by atoms with van der Waals surface area (Å²) in [5.74, 6) is 0.377. The molecule has 0 atom stereocenters. The van der Waals surface area contributed by atoms with E-state index in [2.05, 4.69) is 10.6 Å². The molecular formula is C17H16ClFN2O2. The Balaban J connectivity index is 1.51. The van der Waals surface area contributed by atoms with Gasteiger partial charge in [-0.15, -0.1) is 0 Å². The van der Waals surface area contributed by atoms with Gasteiger partial charge in [0, 0.05) is 24.3 Å². The first-order valence-electron chi connectivity index (χ1n) is 7.36. The highest BCUT2D eigenvalue weighted by molar-refractivity contribution is 6.31. The zero-order valence-electron chi connectivity index (χ0n) is 12.4. The highest BCUT2D eigenvalue weighted by atomic mass is 35.5. The average molecular weight is 335 g/mol. The first kappa shape index (κ1) is 15.6. The van der Waals surface area contributed by atoms with Crippen molar-refractivity contribution in [3.05, 3.63) is 52.8 Å². The van der Waals surface area contributed by atoms with Crippen LogP contribution in [0.4, 0.5) is 15.8 Å². The molecule has 0 saturated carbocycles. The van der Waals surface area contributed by atoms with E-state index in [9.17, 15) is 9.18 Å². The molecule has 0 fully saturated rings. The summed E-state index contributed by atoms with van der Waals surface area (Å²) in [4.78, 5) is 11.3. The molecule has 2 aromatic rings. The van der Waals surface area contributed by atoms with Crippen LogP contribution in [0.2, 0.25) is 5.02 Å². The predicted molar refractivity (Wildman–Crippen MR) is 88.8 cm³/mol. The van der Waals surface area contributed by atoms with Gasteiger partial charge in [0.05, 0.1) is 5.02 Å². The summed E-state index contributed by atoms with van der Waals surface area (Å²) in [7, 11) is 0. The van der Waals surface area contributed by atoms with Crippen LogP contribution in [-0.2, 0) is 11.2 Å². The summed E-state index contributed by atoms with van der Waals surface area (Å²) in [6.45, 7) is 1.02. The van der Waals surface area contributed by atoms with Crippen LogP contribution in [0.3, 0.4) is 0 Å². The number of amides is 1. The zero-order chi connectivity index (χ0) is 16.2. The topological polar surface area (TPSA) is 50.4 Å². The molecular weight excluding hydrogens is 319 g/mol. The standard InChI is InChI=1S/C17H16ClFN2O2/c18-14-10-12(2-4-15(14)19)20-7-8-23-13-3-5-16-11(9-13)1-6-17(22)21-16/h2-5,9-10,20H,1,6-8H2,(H,21,22). The molecule has 0 unspecified atom stereocenters. The Hall–Kier alpha value is -2.27. The number of ether oxygens (including phenoxy) is 1. The van der Waals surface area contributed by atoms with Gasteiger partial charge in [0.25, 0.3) is 0 Å². The highest BCUT2D eigenvalue weighted by Gasteiger charge is 2.14. The first-order valence-corrected chi connectivity index (χ1v) is 7.74. The second-order valence-corrected chi connectivity index (χ2v) is 5.68. The van der Waals surface area contributed by atoms with Crippen LogP contribution in [0.25, 0.3) is 0 Å². The molecule has 0 aromatic heterocycles. The number of carbonyl (C=O) groups excluding carboxylic acids is 1. The first-order chi connectivity index (χ1) is 11.1. The monoisotopic (exact) mass is 334 g/mol. The minimum atomic E-state index is -0.436. The molecule has 2 N–H and O–H groups in total. The average Bonchev–Trinajstić information content (AvgIpc) is 2.55. The van der Waals surface area contributed by atoms with Gasteiger partial charge in [0.15, 0.2) is 0 Å². The Kier molecular flexibility index (Phi) is 4.67. The van der Waals surface area contributed by atoms with E-state index in [1.165, 1.54) is 6.07 Å². The lowest BCUT2D eigenvalue weighted by atomic mass is 10.0. The highest BCUT2D eigenvalue weighted by Crippen LogP contribution is 2.26. The number of carbonyl (C=O) groups is 1. The summed E-state index contributed by atoms with van der Waals surface area (Å²) in [6, 6.07) is 10.1. The van der Waals surface area contributed by atoms with Crippen LogP contribution in [-0.4, -0.2) is 19.1 Å². The van der Waals surface area contributed by atoms with Gasteiger partial charge < -0.3 is 15.4 Å². The fourth-order valence-corrected chi connectivity index (χ4v) is 2.60. The summed E-state index contributed by atoms with van der Waals surface area (Å²) in [5, 5.41) is 6.04. The van der Waals surface area contributed by atoms with Crippen molar-refractivity contribution in [2.75, 3.05) is 23.8 Å². The molecule has 23 heavy (non-hydrogen) atoms. The molecule has 4 nitrogen and oxygen atoms in total. The van der Waals surface area contributed by atoms with E-state index < -0.39 is 5.82 Å². The maximum absolute atomic E-state index is 13.1. The van der Waals surface area contributed by atoms with E-state index in [1.807, 2.05) is 18.2 Å². The Labute approximate surface area is 138 Å². The Bertz CT molecular complexity index is 737. The van der Waals surface area contributed by atoms with E-state index in [0.29, 0.717) is 19.6 Å². The van der Waals surface area contributed by atoms with E-state index in [-0.39, 0.29) is 10.9 Å². The maximum Gasteiger partial charge on any atom is 0.224 e. The van der Waals surface area contributed by atoms with Crippen molar-refractivity contribution in [1.29, 1.82) is 0 Å². The van der Waals surface area contributed by atoms with Crippen LogP contribution < -0.4 is 15.4 Å². The third kappa shape index (κ3) is 3.93. The minimum absolute atomic E-state index is 0.0494. The SMILES string of the molecule is O=C1CCc2cc(OCCNc3ccc(F)c(Cl)c3)ccc2N1. The number of hydrogen-bond donors (Lipinski definition) is 2. The molecule has 1 aliphatic rings. The molecule has 120 valence electrons. The molecule has 6 heteroatoms. The molecule has 1 amide bonds. The number of nitrogens with one attached hydrogen (secondary N) is 2. The fourth-order valence-electron chi connectivity index (χ4n) is 2.42. The molecule has 0 radical (unpaired) electrons. The number of hydrogen-bond acceptors (Lipinski definition) is 3. The lowest BCUT2D eigenvalue weighted by Gasteiger charge is -2.17. The summed E-state index contributed by atoms with van der Waals surface area (Å²) >= 11 is 5.72. The Morgan fingerprint density at radius 3 is 2.91 bits per heavy atom. The van der Waals surface area contributed by atoms with Gasteiger partial charge in [-0.3, -0.25) is 4.79 Å². The number of rotatable bonds is 5. The van der Waals surface area contributed by atoms with Gasteiger partial charge in [-0.1, -0.05) is 11.6 Å². The van der Waals surface area contributed by atoms with Crippen LogP contribution >= 0.6 is 11.6 Å². The summed E-state index contributed by atoms with van der Waals surface area (Å²) in [5.41, 5.74) is 2.68. The molecule has 3 rings (SSSR count). The van der Waals surface area contributed by atoms with E-state index in [1.54, 1.807) is 12.1 Å². The predicted octanol–water partition coefficient (Wildman–Crippen LogP) is 3.85. The van der Waals surface area contributed by atoms with Crippen molar-refractivity contribution < 1.29 is 13.9 Å². The fraction of sp³-hybridized carbons (Fsp3) is 0.235. The minimum Gasteiger partial charge on any atom is -0.492 e.